The molecule has 0 fully saturated rings. The molecule has 2 aromatic carbocycles. The molecule has 0 aromatic heterocycles. The second-order valence-corrected chi connectivity index (χ2v) is 7.45. The van der Waals surface area contributed by atoms with E-state index >= 15 is 0 Å². The number of urea groups is 1. The lowest BCUT2D eigenvalue weighted by Crippen LogP contribution is -2.45. The Labute approximate surface area is 183 Å². The van der Waals surface area contributed by atoms with Crippen LogP contribution >= 0.6 is 15.9 Å². The summed E-state index contributed by atoms with van der Waals surface area (Å²) in [5.74, 6) is 0.529. The highest BCUT2D eigenvalue weighted by molar-refractivity contribution is 9.10. The van der Waals surface area contributed by atoms with Gasteiger partial charge in [-0.2, -0.15) is 0 Å². The van der Waals surface area contributed by atoms with Gasteiger partial charge in [-0.25, -0.2) is 9.59 Å². The fraction of sp³-hybridized carbons (Fsp3) is 0.273. The van der Waals surface area contributed by atoms with Crippen molar-refractivity contribution in [1.82, 2.24) is 10.6 Å². The summed E-state index contributed by atoms with van der Waals surface area (Å²) in [7, 11) is 1.30. The van der Waals surface area contributed by atoms with Crippen LogP contribution in [0.2, 0.25) is 0 Å². The van der Waals surface area contributed by atoms with Crippen molar-refractivity contribution in [1.29, 1.82) is 0 Å². The Morgan fingerprint density at radius 3 is 2.57 bits per heavy atom. The minimum Gasteiger partial charge on any atom is -0.490 e. The maximum Gasteiger partial charge on any atom is 0.337 e. The molecule has 1 aliphatic heterocycles. The van der Waals surface area contributed by atoms with Gasteiger partial charge >= 0.3 is 12.0 Å². The van der Waals surface area contributed by atoms with Gasteiger partial charge in [-0.3, -0.25) is 0 Å². The second kappa shape index (κ2) is 9.67. The molecule has 0 unspecified atom stereocenters. The third kappa shape index (κ3) is 4.76. The van der Waals surface area contributed by atoms with Gasteiger partial charge in [0.1, 0.15) is 6.61 Å². The van der Waals surface area contributed by atoms with Crippen molar-refractivity contribution in [2.45, 2.75) is 26.5 Å². The normalized spacial score (nSPS) is 15.9. The first kappa shape index (κ1) is 21.7. The van der Waals surface area contributed by atoms with Gasteiger partial charge in [0.05, 0.1) is 29.8 Å². The van der Waals surface area contributed by atoms with Crippen molar-refractivity contribution in [3.63, 3.8) is 0 Å². The molecule has 1 atom stereocenters. The number of ether oxygens (including phenoxy) is 3. The van der Waals surface area contributed by atoms with Gasteiger partial charge in [-0.05, 0) is 53.0 Å². The molecule has 0 saturated heterocycles. The molecule has 0 saturated carbocycles. The third-order valence-electron chi connectivity index (χ3n) is 4.57. The Hall–Kier alpha value is -3.00. The van der Waals surface area contributed by atoms with Crippen molar-refractivity contribution >= 4 is 27.9 Å². The molecule has 2 amide bonds. The molecular formula is C22H23BrN2O5. The average Bonchev–Trinajstić information content (AvgIpc) is 2.73. The van der Waals surface area contributed by atoms with E-state index in [-0.39, 0.29) is 0 Å². The smallest absolute Gasteiger partial charge is 0.337 e. The zero-order valence-corrected chi connectivity index (χ0v) is 18.5. The third-order valence-corrected chi connectivity index (χ3v) is 5.15. The first-order valence-electron chi connectivity index (χ1n) is 9.44. The quantitative estimate of drug-likeness (QED) is 0.586. The van der Waals surface area contributed by atoms with E-state index in [1.54, 1.807) is 19.1 Å². The van der Waals surface area contributed by atoms with Gasteiger partial charge in [-0.15, -0.1) is 0 Å². The topological polar surface area (TPSA) is 85.9 Å². The van der Waals surface area contributed by atoms with Gasteiger partial charge in [0.15, 0.2) is 11.5 Å². The van der Waals surface area contributed by atoms with Crippen LogP contribution < -0.4 is 20.1 Å². The number of nitrogens with one attached hydrogen (secondary N) is 2. The van der Waals surface area contributed by atoms with Crippen LogP contribution in [-0.4, -0.2) is 25.7 Å². The highest BCUT2D eigenvalue weighted by Crippen LogP contribution is 2.41. The van der Waals surface area contributed by atoms with Gasteiger partial charge < -0.3 is 24.8 Å². The van der Waals surface area contributed by atoms with E-state index < -0.39 is 18.0 Å². The van der Waals surface area contributed by atoms with E-state index in [1.807, 2.05) is 37.3 Å². The summed E-state index contributed by atoms with van der Waals surface area (Å²) in [5, 5.41) is 5.39. The number of hydrogen-bond donors (Lipinski definition) is 2. The largest absolute Gasteiger partial charge is 0.490 e. The summed E-state index contributed by atoms with van der Waals surface area (Å²) in [6, 6.07) is 12.3. The highest BCUT2D eigenvalue weighted by Gasteiger charge is 2.33. The Balaban J connectivity index is 1.98. The SMILES string of the molecule is CCOc1cc([C@@H]2NC(=O)NC(C)=C2C(=O)OC)cc(Br)c1OCc1ccccc1. The molecule has 0 spiro atoms. The minimum atomic E-state index is -0.690. The second-order valence-electron chi connectivity index (χ2n) is 6.60. The van der Waals surface area contributed by atoms with Crippen molar-refractivity contribution in [2.24, 2.45) is 0 Å². The summed E-state index contributed by atoms with van der Waals surface area (Å²) in [6.45, 7) is 4.33. The number of hydrogen-bond acceptors (Lipinski definition) is 5. The van der Waals surface area contributed by atoms with Crippen LogP contribution in [0.1, 0.15) is 31.0 Å². The fourth-order valence-corrected chi connectivity index (χ4v) is 3.79. The van der Waals surface area contributed by atoms with E-state index in [2.05, 4.69) is 26.6 Å². The summed E-state index contributed by atoms with van der Waals surface area (Å²) in [6.07, 6.45) is 0. The Bertz CT molecular complexity index is 975. The van der Waals surface area contributed by atoms with Gasteiger partial charge in [0.2, 0.25) is 0 Å². The predicted octanol–water partition coefficient (Wildman–Crippen LogP) is 4.23. The lowest BCUT2D eigenvalue weighted by atomic mass is 9.95. The number of carbonyl (C=O) groups excluding carboxylic acids is 2. The van der Waals surface area contributed by atoms with Gasteiger partial charge in [0, 0.05) is 5.70 Å². The molecule has 0 aliphatic carbocycles. The number of rotatable bonds is 7. The average molecular weight is 475 g/mol. The lowest BCUT2D eigenvalue weighted by Gasteiger charge is -2.28. The van der Waals surface area contributed by atoms with Crippen LogP contribution in [0.5, 0.6) is 11.5 Å². The monoisotopic (exact) mass is 474 g/mol. The van der Waals surface area contributed by atoms with Gasteiger partial charge in [-0.1, -0.05) is 30.3 Å². The van der Waals surface area contributed by atoms with E-state index in [9.17, 15) is 9.59 Å². The molecule has 0 bridgehead atoms. The molecular weight excluding hydrogens is 452 g/mol. The van der Waals surface area contributed by atoms with Crippen LogP contribution in [0.15, 0.2) is 58.2 Å². The molecule has 3 rings (SSSR count). The Morgan fingerprint density at radius 2 is 1.90 bits per heavy atom. The minimum absolute atomic E-state index is 0.324. The van der Waals surface area contributed by atoms with E-state index in [1.165, 1.54) is 7.11 Å². The number of benzene rings is 2. The molecule has 158 valence electrons. The van der Waals surface area contributed by atoms with Crippen molar-refractivity contribution < 1.29 is 23.8 Å². The van der Waals surface area contributed by atoms with E-state index in [0.717, 1.165) is 5.56 Å². The molecule has 8 heteroatoms. The highest BCUT2D eigenvalue weighted by atomic mass is 79.9. The number of amides is 2. The number of halogens is 1. The zero-order valence-electron chi connectivity index (χ0n) is 17.0. The molecule has 1 aliphatic rings. The summed E-state index contributed by atoms with van der Waals surface area (Å²) < 4.78 is 17.4. The Morgan fingerprint density at radius 1 is 1.17 bits per heavy atom. The summed E-state index contributed by atoms with van der Waals surface area (Å²) in [4.78, 5) is 24.4. The standard InChI is InChI=1S/C22H23BrN2O5/c1-4-29-17-11-15(19-18(21(26)28-3)13(2)24-22(27)25-19)10-16(23)20(17)30-12-14-8-6-5-7-9-14/h5-11,19H,4,12H2,1-3H3,(H2,24,25,27)/t19-/m0/s1. The summed E-state index contributed by atoms with van der Waals surface area (Å²) >= 11 is 3.55. The molecule has 30 heavy (non-hydrogen) atoms. The van der Waals surface area contributed by atoms with E-state index in [0.29, 0.717) is 46.0 Å². The van der Waals surface area contributed by atoms with Crippen LogP contribution in [0.25, 0.3) is 0 Å². The van der Waals surface area contributed by atoms with Crippen LogP contribution in [-0.2, 0) is 16.1 Å². The van der Waals surface area contributed by atoms with Crippen LogP contribution in [0.3, 0.4) is 0 Å². The number of methoxy groups -OCH3 is 1. The van der Waals surface area contributed by atoms with Crippen LogP contribution in [0, 0.1) is 0 Å². The first-order chi connectivity index (χ1) is 14.4. The number of esters is 1. The zero-order chi connectivity index (χ0) is 21.7. The van der Waals surface area contributed by atoms with Crippen LogP contribution in [0.4, 0.5) is 4.79 Å². The van der Waals surface area contributed by atoms with E-state index in [4.69, 9.17) is 14.2 Å². The van der Waals surface area contributed by atoms with Crippen molar-refractivity contribution in [3.8, 4) is 11.5 Å². The maximum absolute atomic E-state index is 12.4. The first-order valence-corrected chi connectivity index (χ1v) is 10.2. The molecule has 2 N–H and O–H groups in total. The number of allylic oxidation sites excluding steroid dienone is 1. The predicted molar refractivity (Wildman–Crippen MR) is 115 cm³/mol. The summed E-state index contributed by atoms with van der Waals surface area (Å²) in [5.41, 5.74) is 2.44. The number of carbonyl (C=O) groups is 2. The maximum atomic E-state index is 12.4. The molecule has 7 nitrogen and oxygen atoms in total. The Kier molecular flexibility index (Phi) is 6.99. The van der Waals surface area contributed by atoms with Crippen molar-refractivity contribution in [2.75, 3.05) is 13.7 Å². The van der Waals surface area contributed by atoms with Crippen molar-refractivity contribution in [3.05, 3.63) is 69.3 Å². The molecule has 0 radical (unpaired) electrons. The molecule has 1 heterocycles. The molecule has 2 aromatic rings. The lowest BCUT2D eigenvalue weighted by molar-refractivity contribution is -0.136. The van der Waals surface area contributed by atoms with Gasteiger partial charge in [0.25, 0.3) is 0 Å². The fourth-order valence-electron chi connectivity index (χ4n) is 3.21.